The van der Waals surface area contributed by atoms with Crippen molar-refractivity contribution >= 4 is 17.5 Å². The third kappa shape index (κ3) is 8.35. The van der Waals surface area contributed by atoms with Crippen molar-refractivity contribution in [3.8, 4) is 17.2 Å². The Morgan fingerprint density at radius 1 is 0.817 bits per heavy atom. The Bertz CT molecular complexity index is 2430. The highest BCUT2D eigenvalue weighted by Crippen LogP contribution is 2.55. The lowest BCUT2D eigenvalue weighted by Gasteiger charge is -2.56. The van der Waals surface area contributed by atoms with Gasteiger partial charge in [-0.05, 0) is 91.7 Å². The summed E-state index contributed by atoms with van der Waals surface area (Å²) in [5, 5.41) is 102. The van der Waals surface area contributed by atoms with Gasteiger partial charge < -0.3 is 93.7 Å². The number of carbonyl (C=O) groups excluding carboxylic acids is 3. The molecule has 19 atom stereocenters. The number of aliphatic hydroxyl groups excluding tert-OH is 4. The van der Waals surface area contributed by atoms with Gasteiger partial charge in [0.25, 0.3) is 0 Å². The minimum Gasteiger partial charge on any atom is -0.762 e. The molecule has 71 heavy (non-hydrogen) atoms. The van der Waals surface area contributed by atoms with Gasteiger partial charge in [0, 0.05) is 30.4 Å². The van der Waals surface area contributed by atoms with E-state index >= 15 is 0 Å². The summed E-state index contributed by atoms with van der Waals surface area (Å²) in [5.41, 5.74) is -6.31. The molecule has 5 aliphatic heterocycles. The van der Waals surface area contributed by atoms with Crippen LogP contribution in [-0.4, -0.2) is 193 Å². The van der Waals surface area contributed by atoms with Crippen molar-refractivity contribution in [2.45, 2.75) is 189 Å². The topological polar surface area (TPSA) is 326 Å². The van der Waals surface area contributed by atoms with E-state index < -0.39 is 161 Å². The van der Waals surface area contributed by atoms with Gasteiger partial charge in [0.15, 0.2) is 24.7 Å². The number of aromatic hydroxyl groups is 2. The minimum atomic E-state index is -1.69. The van der Waals surface area contributed by atoms with E-state index in [1.54, 1.807) is 46.7 Å². The quantitative estimate of drug-likeness (QED) is 0.108. The number of hydroxylamine groups is 2. The number of fused-ring (bicyclic) bond motifs is 8. The first kappa shape index (κ1) is 51.9. The second-order valence-corrected chi connectivity index (χ2v) is 20.8. The van der Waals surface area contributed by atoms with E-state index in [2.05, 4.69) is 0 Å². The zero-order valence-electron chi connectivity index (χ0n) is 40.7. The minimum absolute atomic E-state index is 0.0207. The molecule has 2 bridgehead atoms. The van der Waals surface area contributed by atoms with Crippen molar-refractivity contribution in [3.05, 3.63) is 56.3 Å². The van der Waals surface area contributed by atoms with Crippen LogP contribution in [0.15, 0.2) is 12.1 Å². The fraction of sp³-hybridized carbons (Fsp3) is 0.688. The Kier molecular flexibility index (Phi) is 13.5. The summed E-state index contributed by atoms with van der Waals surface area (Å²) in [5.74, 6) is -5.40. The second kappa shape index (κ2) is 18.4. The van der Waals surface area contributed by atoms with Crippen LogP contribution in [0.25, 0.3) is 0 Å². The molecule has 2 aliphatic carbocycles. The number of ketones is 2. The average molecular weight is 1000 g/mol. The first-order valence-corrected chi connectivity index (χ1v) is 23.7. The largest absolute Gasteiger partial charge is 0.762 e. The molecule has 2 aromatic carbocycles. The van der Waals surface area contributed by atoms with Gasteiger partial charge in [-0.2, -0.15) is 0 Å². The van der Waals surface area contributed by atoms with Crippen LogP contribution >= 0.6 is 0 Å². The van der Waals surface area contributed by atoms with Gasteiger partial charge in [-0.1, -0.05) is 0 Å². The molecule has 8 N–H and O–H groups in total. The number of benzene rings is 2. The molecule has 0 unspecified atom stereocenters. The summed E-state index contributed by atoms with van der Waals surface area (Å²) in [7, 11) is 4.49. The lowest BCUT2D eigenvalue weighted by molar-refractivity contribution is -0.367. The predicted octanol–water partition coefficient (Wildman–Crippen LogP) is 0.673. The number of rotatable bonds is 9. The number of aliphatic hydroxyl groups is 5. The standard InChI is InChI=1S/C48H63N2O21/c1-17-35(54)25(52)14-27(64-17)68-42-19(3)66-29(16-46(42,4)50(61)62)67-40-18(2)65-28(15-26(40)53)69-43-34(49(7)8)39(58)45-70-41-23(48(43,6)71-45)13-24(51)31-32(41)37(56)22-12-21-20(36(55)30(22)38(31)57)10-11-47(5,60)33(21)44(59)63-9/h12-13,17-19,25-29,33-35,39-40,42-43,45,51-55,58,60-61H,10-11,14-16H2,1-9H3/q-1/t17-,18-,19-,25-,26-,27+,28-,29-,33-,34+,35+,39+,40+,42+,43-,45-,46+,47-,48-/m0/s1. The van der Waals surface area contributed by atoms with E-state index in [1.165, 1.54) is 26.0 Å². The van der Waals surface area contributed by atoms with Gasteiger partial charge in [0.1, 0.15) is 59.3 Å². The summed E-state index contributed by atoms with van der Waals surface area (Å²) in [6.45, 7) is 9.22. The maximum Gasteiger partial charge on any atom is 0.316 e. The third-order valence-electron chi connectivity index (χ3n) is 15.7. The lowest BCUT2D eigenvalue weighted by Crippen LogP contribution is -2.70. The van der Waals surface area contributed by atoms with Crippen LogP contribution in [0.2, 0.25) is 0 Å². The Morgan fingerprint density at radius 3 is 2.07 bits per heavy atom. The number of ether oxygens (including phenoxy) is 9. The number of methoxy groups -OCH3 is 1. The second-order valence-electron chi connectivity index (χ2n) is 20.8. The Balaban J connectivity index is 0.981. The molecule has 23 heteroatoms. The van der Waals surface area contributed by atoms with Crippen LogP contribution in [0.1, 0.15) is 122 Å². The average Bonchev–Trinajstić information content (AvgIpc) is 3.28. The monoisotopic (exact) mass is 1000 g/mol. The zero-order chi connectivity index (χ0) is 51.7. The first-order chi connectivity index (χ1) is 33.2. The van der Waals surface area contributed by atoms with Crippen LogP contribution in [0.4, 0.5) is 0 Å². The zero-order valence-corrected chi connectivity index (χ0v) is 40.7. The molecule has 0 aromatic heterocycles. The number of likely N-dealkylation sites (N-methyl/N-ethyl adjacent to an activating group) is 1. The van der Waals surface area contributed by atoms with Crippen molar-refractivity contribution < 1.29 is 98.0 Å². The van der Waals surface area contributed by atoms with Crippen LogP contribution in [0, 0.1) is 5.21 Å². The molecule has 23 nitrogen and oxygen atoms in total. The smallest absolute Gasteiger partial charge is 0.316 e. The van der Waals surface area contributed by atoms with Crippen molar-refractivity contribution in [2.75, 3.05) is 21.2 Å². The number of hydrogen-bond acceptors (Lipinski definition) is 23. The Hall–Kier alpha value is -3.99. The van der Waals surface area contributed by atoms with E-state index in [9.17, 15) is 60.5 Å². The highest BCUT2D eigenvalue weighted by Gasteiger charge is 2.62. The highest BCUT2D eigenvalue weighted by atomic mass is 16.8. The van der Waals surface area contributed by atoms with Crippen molar-refractivity contribution in [1.82, 2.24) is 10.1 Å². The van der Waals surface area contributed by atoms with Crippen molar-refractivity contribution in [2.24, 2.45) is 0 Å². The molecule has 7 aliphatic rings. The summed E-state index contributed by atoms with van der Waals surface area (Å²) < 4.78 is 54.9. The molecule has 0 radical (unpaired) electrons. The van der Waals surface area contributed by atoms with E-state index in [1.807, 2.05) is 0 Å². The van der Waals surface area contributed by atoms with Crippen LogP contribution in [0.5, 0.6) is 17.2 Å². The molecule has 4 saturated heterocycles. The maximum atomic E-state index is 14.9. The molecule has 4 fully saturated rings. The van der Waals surface area contributed by atoms with E-state index in [0.717, 1.165) is 7.11 Å². The molecule has 0 spiro atoms. The van der Waals surface area contributed by atoms with Gasteiger partial charge in [-0.25, -0.2) is 0 Å². The van der Waals surface area contributed by atoms with E-state index in [4.69, 9.17) is 42.6 Å². The van der Waals surface area contributed by atoms with Crippen LogP contribution in [0.3, 0.4) is 0 Å². The van der Waals surface area contributed by atoms with Crippen molar-refractivity contribution in [3.63, 3.8) is 0 Å². The number of phenolic OH excluding ortho intramolecular Hbond substituents is 2. The number of phenols is 2. The summed E-state index contributed by atoms with van der Waals surface area (Å²) in [6, 6.07) is 1.54. The van der Waals surface area contributed by atoms with Gasteiger partial charge >= 0.3 is 5.97 Å². The Labute approximate surface area is 408 Å². The van der Waals surface area contributed by atoms with E-state index in [-0.39, 0.29) is 65.3 Å². The first-order valence-electron chi connectivity index (χ1n) is 23.7. The molecule has 0 saturated carbocycles. The third-order valence-corrected chi connectivity index (χ3v) is 15.7. The number of carbonyl (C=O) groups is 3. The maximum absolute atomic E-state index is 14.9. The summed E-state index contributed by atoms with van der Waals surface area (Å²) in [6.07, 6.45) is -16.6. The molecule has 9 rings (SSSR count). The highest BCUT2D eigenvalue weighted by molar-refractivity contribution is 6.31. The van der Waals surface area contributed by atoms with Gasteiger partial charge in [-0.15, -0.1) is 0 Å². The molecule has 2 aromatic rings. The predicted molar refractivity (Wildman–Crippen MR) is 238 cm³/mol. The van der Waals surface area contributed by atoms with Gasteiger partial charge in [0.2, 0.25) is 12.1 Å². The van der Waals surface area contributed by atoms with Crippen LogP contribution < -0.4 is 4.74 Å². The lowest BCUT2D eigenvalue weighted by atomic mass is 9.69. The number of nitrogens with zero attached hydrogens (tertiary/aromatic N) is 2. The van der Waals surface area contributed by atoms with Gasteiger partial charge in [0.05, 0.1) is 71.5 Å². The Morgan fingerprint density at radius 2 is 1.45 bits per heavy atom. The molecular weight excluding hydrogens is 941 g/mol. The van der Waals surface area contributed by atoms with Crippen molar-refractivity contribution in [1.29, 1.82) is 0 Å². The SMILES string of the molecule is COC(=O)[C@@H]1c2cc3c(c(O)c2CC[C@]1(C)O)C(=O)c1c(O)cc2c(c1C3=O)O[C@H]1O[C@]2(C)[C@@H](O[C@H]2C[C@H](O)[C@H](O[C@H]3C[C@@](C)(N([O-])O)[C@H](O[C@@H]4C[C@H](O)[C@H](O)[C@H](C)O4)[C@H](C)O3)[C@H](C)O2)[C@H](N(C)C)[C@H]1O. The molecular formula is C48H63N2O21-. The fourth-order valence-electron chi connectivity index (χ4n) is 11.9. The van der Waals surface area contributed by atoms with E-state index in [0.29, 0.717) is 0 Å². The molecule has 392 valence electrons. The fourth-order valence-corrected chi connectivity index (χ4v) is 11.9. The normalized spacial score (nSPS) is 41.9. The number of hydrogen-bond donors (Lipinski definition) is 8. The van der Waals surface area contributed by atoms with Crippen LogP contribution in [-0.2, 0) is 54.7 Å². The summed E-state index contributed by atoms with van der Waals surface area (Å²) in [4.78, 5) is 44.1. The molecule has 5 heterocycles. The van der Waals surface area contributed by atoms with Gasteiger partial charge in [-0.3, -0.25) is 19.6 Å². The summed E-state index contributed by atoms with van der Waals surface area (Å²) >= 11 is 0. The number of esters is 1. The molecule has 0 amide bonds.